The summed E-state index contributed by atoms with van der Waals surface area (Å²) >= 11 is 0. The van der Waals surface area contributed by atoms with Gasteiger partial charge in [0.2, 0.25) is 5.95 Å². The van der Waals surface area contributed by atoms with Crippen LogP contribution in [0.1, 0.15) is 11.3 Å². The smallest absolute Gasteiger partial charge is 0.372 e. The maximum atomic E-state index is 13.1. The average molecular weight is 340 g/mol. The Morgan fingerprint density at radius 2 is 1.92 bits per heavy atom. The summed E-state index contributed by atoms with van der Waals surface area (Å²) in [6, 6.07) is 1.11. The highest BCUT2D eigenvalue weighted by atomic mass is 19.4. The lowest BCUT2D eigenvalue weighted by Gasteiger charge is -2.22. The van der Waals surface area contributed by atoms with Crippen molar-refractivity contribution in [3.8, 4) is 0 Å². The highest BCUT2D eigenvalue weighted by Gasteiger charge is 2.47. The number of hydrogen-bond acceptors (Lipinski definition) is 6. The number of aromatic nitrogens is 3. The van der Waals surface area contributed by atoms with Crippen molar-refractivity contribution in [3.63, 3.8) is 0 Å². The number of nitrogens with zero attached hydrogens (tertiary/aromatic N) is 3. The molecule has 3 heterocycles. The molecule has 0 bridgehead atoms. The number of fused-ring (bicyclic) bond motifs is 1. The second-order valence-electron chi connectivity index (χ2n) is 5.98. The van der Waals surface area contributed by atoms with Gasteiger partial charge in [-0.2, -0.15) is 23.1 Å². The van der Waals surface area contributed by atoms with E-state index in [0.29, 0.717) is 11.5 Å². The Morgan fingerprint density at radius 3 is 2.58 bits per heavy atom. The lowest BCUT2D eigenvalue weighted by atomic mass is 10.0. The Balaban J connectivity index is 1.98. The number of nitrogens with one attached hydrogen (secondary N) is 3. The molecule has 1 aliphatic heterocycles. The standard InChI is InChI=1S/C15H19F3N6/c1-7-4-8(2)21-13-11(7)12(19-3)23-14(24-13)22-10-6-20-5-9(10)15(16,17)18/h4,9-10,20H,5-6H2,1-3H3,(H2,19,21,22,23,24). The van der Waals surface area contributed by atoms with Crippen LogP contribution in [-0.2, 0) is 0 Å². The van der Waals surface area contributed by atoms with Crippen molar-refractivity contribution < 1.29 is 13.2 Å². The number of hydrogen-bond donors (Lipinski definition) is 3. The monoisotopic (exact) mass is 340 g/mol. The van der Waals surface area contributed by atoms with Crippen LogP contribution in [0, 0.1) is 19.8 Å². The van der Waals surface area contributed by atoms with Crippen LogP contribution in [0.5, 0.6) is 0 Å². The number of rotatable bonds is 3. The molecule has 0 aromatic carbocycles. The molecule has 0 radical (unpaired) electrons. The molecule has 0 amide bonds. The van der Waals surface area contributed by atoms with Crippen molar-refractivity contribution in [2.75, 3.05) is 30.8 Å². The fourth-order valence-corrected chi connectivity index (χ4v) is 3.06. The first-order valence-corrected chi connectivity index (χ1v) is 7.67. The number of halogens is 3. The van der Waals surface area contributed by atoms with Gasteiger partial charge in [-0.05, 0) is 25.5 Å². The van der Waals surface area contributed by atoms with E-state index in [9.17, 15) is 13.2 Å². The summed E-state index contributed by atoms with van der Waals surface area (Å²) in [5.74, 6) is -0.781. The number of aryl methyl sites for hydroxylation is 2. The van der Waals surface area contributed by atoms with Crippen LogP contribution in [-0.4, -0.2) is 47.3 Å². The number of anilines is 2. The third-order valence-corrected chi connectivity index (χ3v) is 4.18. The molecule has 6 nitrogen and oxygen atoms in total. The SMILES string of the molecule is CNc1nc(NC2CNCC2C(F)(F)F)nc2nc(C)cc(C)c12. The molecule has 0 aliphatic carbocycles. The van der Waals surface area contributed by atoms with Gasteiger partial charge in [0.1, 0.15) is 5.82 Å². The van der Waals surface area contributed by atoms with Crippen molar-refractivity contribution in [3.05, 3.63) is 17.3 Å². The Bertz CT molecular complexity index is 761. The second-order valence-corrected chi connectivity index (χ2v) is 5.98. The van der Waals surface area contributed by atoms with Gasteiger partial charge in [-0.25, -0.2) is 4.98 Å². The molecule has 3 rings (SSSR count). The molecule has 9 heteroatoms. The van der Waals surface area contributed by atoms with Crippen molar-refractivity contribution in [1.29, 1.82) is 0 Å². The Kier molecular flexibility index (Phi) is 4.20. The molecule has 2 atom stereocenters. The molecule has 1 fully saturated rings. The molecule has 1 aliphatic rings. The maximum absolute atomic E-state index is 13.1. The molecule has 1 saturated heterocycles. The van der Waals surface area contributed by atoms with Gasteiger partial charge < -0.3 is 16.0 Å². The fraction of sp³-hybridized carbons (Fsp3) is 0.533. The summed E-state index contributed by atoms with van der Waals surface area (Å²) < 4.78 is 39.2. The van der Waals surface area contributed by atoms with Crippen LogP contribution in [0.25, 0.3) is 11.0 Å². The Morgan fingerprint density at radius 1 is 1.17 bits per heavy atom. The molecule has 130 valence electrons. The third kappa shape index (κ3) is 3.08. The van der Waals surface area contributed by atoms with Gasteiger partial charge in [-0.15, -0.1) is 0 Å². The normalized spacial score (nSPS) is 21.2. The minimum absolute atomic E-state index is 0.107. The number of alkyl halides is 3. The van der Waals surface area contributed by atoms with Crippen LogP contribution in [0.15, 0.2) is 6.07 Å². The van der Waals surface area contributed by atoms with Crippen molar-refractivity contribution in [2.45, 2.75) is 26.1 Å². The topological polar surface area (TPSA) is 74.8 Å². The number of pyridine rings is 1. The summed E-state index contributed by atoms with van der Waals surface area (Å²) in [5, 5.41) is 9.32. The zero-order valence-corrected chi connectivity index (χ0v) is 13.6. The van der Waals surface area contributed by atoms with E-state index < -0.39 is 18.1 Å². The zero-order chi connectivity index (χ0) is 17.5. The van der Waals surface area contributed by atoms with E-state index in [1.165, 1.54) is 0 Å². The van der Waals surface area contributed by atoms with Crippen molar-refractivity contribution in [2.24, 2.45) is 5.92 Å². The van der Waals surface area contributed by atoms with Gasteiger partial charge in [0.05, 0.1) is 17.3 Å². The van der Waals surface area contributed by atoms with Gasteiger partial charge in [0.25, 0.3) is 0 Å². The van der Waals surface area contributed by atoms with E-state index in [-0.39, 0.29) is 19.0 Å². The first-order chi connectivity index (χ1) is 11.3. The van der Waals surface area contributed by atoms with Crippen LogP contribution in [0.3, 0.4) is 0 Å². The largest absolute Gasteiger partial charge is 0.395 e. The summed E-state index contributed by atoms with van der Waals surface area (Å²) in [4.78, 5) is 13.0. The average Bonchev–Trinajstić information content (AvgIpc) is 2.93. The Hall–Kier alpha value is -2.16. The third-order valence-electron chi connectivity index (χ3n) is 4.18. The molecule has 2 unspecified atom stereocenters. The lowest BCUT2D eigenvalue weighted by Crippen LogP contribution is -2.38. The summed E-state index contributed by atoms with van der Waals surface area (Å²) in [6.07, 6.45) is -4.27. The first kappa shape index (κ1) is 16.7. The summed E-state index contributed by atoms with van der Waals surface area (Å²) in [5.41, 5.74) is 2.22. The van der Waals surface area contributed by atoms with Gasteiger partial charge in [0, 0.05) is 25.8 Å². The molecule has 0 saturated carbocycles. The van der Waals surface area contributed by atoms with E-state index in [2.05, 4.69) is 30.9 Å². The van der Waals surface area contributed by atoms with Crippen LogP contribution in [0.2, 0.25) is 0 Å². The van der Waals surface area contributed by atoms with Gasteiger partial charge in [0.15, 0.2) is 5.65 Å². The molecule has 2 aromatic rings. The summed E-state index contributed by atoms with van der Waals surface area (Å²) in [6.45, 7) is 3.88. The molecular weight excluding hydrogens is 321 g/mol. The Labute approximate surface area is 137 Å². The highest BCUT2D eigenvalue weighted by molar-refractivity contribution is 5.90. The first-order valence-electron chi connectivity index (χ1n) is 7.67. The second kappa shape index (κ2) is 6.04. The van der Waals surface area contributed by atoms with Gasteiger partial charge in [-0.1, -0.05) is 0 Å². The van der Waals surface area contributed by atoms with Gasteiger partial charge >= 0.3 is 6.18 Å². The molecular formula is C15H19F3N6. The molecule has 24 heavy (non-hydrogen) atoms. The van der Waals surface area contributed by atoms with Crippen LogP contribution in [0.4, 0.5) is 24.9 Å². The zero-order valence-electron chi connectivity index (χ0n) is 13.6. The molecule has 0 spiro atoms. The highest BCUT2D eigenvalue weighted by Crippen LogP contribution is 2.32. The minimum Gasteiger partial charge on any atom is -0.372 e. The van der Waals surface area contributed by atoms with Crippen LogP contribution >= 0.6 is 0 Å². The van der Waals surface area contributed by atoms with Crippen molar-refractivity contribution >= 4 is 22.8 Å². The van der Waals surface area contributed by atoms with E-state index in [1.54, 1.807) is 7.05 Å². The predicted molar refractivity (Wildman–Crippen MR) is 86.2 cm³/mol. The van der Waals surface area contributed by atoms with E-state index in [1.807, 2.05) is 19.9 Å². The van der Waals surface area contributed by atoms with Crippen LogP contribution < -0.4 is 16.0 Å². The lowest BCUT2D eigenvalue weighted by molar-refractivity contribution is -0.170. The van der Waals surface area contributed by atoms with Gasteiger partial charge in [-0.3, -0.25) is 0 Å². The quantitative estimate of drug-likeness (QED) is 0.796. The minimum atomic E-state index is -4.27. The molecule has 2 aromatic heterocycles. The predicted octanol–water partition coefficient (Wildman–Crippen LogP) is 2.25. The molecule has 3 N–H and O–H groups in total. The van der Waals surface area contributed by atoms with E-state index in [0.717, 1.165) is 16.6 Å². The maximum Gasteiger partial charge on any atom is 0.395 e. The van der Waals surface area contributed by atoms with Crippen molar-refractivity contribution in [1.82, 2.24) is 20.3 Å². The fourth-order valence-electron chi connectivity index (χ4n) is 3.06. The van der Waals surface area contributed by atoms with E-state index in [4.69, 9.17) is 0 Å². The van der Waals surface area contributed by atoms with E-state index >= 15 is 0 Å². The summed E-state index contributed by atoms with van der Waals surface area (Å²) in [7, 11) is 1.71.